The SMILES string of the molecule is CC(C)(C)OC(=O)n1cc(B(O)OC(C)(C)C(C)(C)O)c2cccnc21. The number of hydrogen-bond acceptors (Lipinski definition) is 6. The first kappa shape index (κ1) is 20.4. The molecule has 0 fully saturated rings. The zero-order chi connectivity index (χ0) is 19.9. The van der Waals surface area contributed by atoms with Crippen molar-refractivity contribution in [2.75, 3.05) is 0 Å². The van der Waals surface area contributed by atoms with Crippen molar-refractivity contribution in [3.8, 4) is 0 Å². The molecule has 2 rings (SSSR count). The highest BCUT2D eigenvalue weighted by Gasteiger charge is 2.40. The molecule has 0 amide bonds. The number of aromatic nitrogens is 2. The molecule has 0 radical (unpaired) electrons. The molecular weight excluding hydrogens is 335 g/mol. The normalized spacial score (nSPS) is 13.1. The van der Waals surface area contributed by atoms with Gasteiger partial charge in [-0.1, -0.05) is 6.07 Å². The lowest BCUT2D eigenvalue weighted by atomic mass is 9.76. The van der Waals surface area contributed by atoms with E-state index in [1.54, 1.807) is 66.8 Å². The fourth-order valence-corrected chi connectivity index (χ4v) is 2.22. The number of fused-ring (bicyclic) bond motifs is 1. The van der Waals surface area contributed by atoms with Gasteiger partial charge in [0.05, 0.1) is 11.2 Å². The minimum Gasteiger partial charge on any atom is -0.443 e. The van der Waals surface area contributed by atoms with Crippen LogP contribution in [0.3, 0.4) is 0 Å². The minimum atomic E-state index is -1.35. The maximum absolute atomic E-state index is 12.5. The summed E-state index contributed by atoms with van der Waals surface area (Å²) in [5.41, 5.74) is -2.15. The van der Waals surface area contributed by atoms with Crippen LogP contribution >= 0.6 is 0 Å². The molecule has 0 bridgehead atoms. The van der Waals surface area contributed by atoms with Crippen molar-refractivity contribution in [3.63, 3.8) is 0 Å². The van der Waals surface area contributed by atoms with E-state index in [0.29, 0.717) is 16.5 Å². The third kappa shape index (κ3) is 4.25. The molecule has 0 aliphatic rings. The van der Waals surface area contributed by atoms with E-state index in [0.717, 1.165) is 0 Å². The van der Waals surface area contributed by atoms with Crippen LogP contribution in [-0.2, 0) is 9.39 Å². The fraction of sp³-hybridized carbons (Fsp3) is 0.556. The number of rotatable bonds is 4. The van der Waals surface area contributed by atoms with Crippen molar-refractivity contribution in [2.24, 2.45) is 0 Å². The lowest BCUT2D eigenvalue weighted by Gasteiger charge is -2.38. The molecule has 0 atom stereocenters. The standard InChI is InChI=1S/C18H27BN2O5/c1-16(2,3)25-15(22)21-11-13(12-9-8-10-20-14(12)21)19(24)26-18(6,7)17(4,5)23/h8-11,23-24H,1-7H3. The number of carbonyl (C=O) groups is 1. The Morgan fingerprint density at radius 1 is 1.19 bits per heavy atom. The van der Waals surface area contributed by atoms with Gasteiger partial charge in [0.1, 0.15) is 11.2 Å². The van der Waals surface area contributed by atoms with Crippen molar-refractivity contribution in [2.45, 2.75) is 65.3 Å². The van der Waals surface area contributed by atoms with E-state index in [1.165, 1.54) is 10.8 Å². The maximum atomic E-state index is 12.5. The summed E-state index contributed by atoms with van der Waals surface area (Å²) in [6, 6.07) is 3.45. The molecule has 142 valence electrons. The number of ether oxygens (including phenoxy) is 1. The molecule has 2 N–H and O–H groups in total. The van der Waals surface area contributed by atoms with Gasteiger partial charge in [0.2, 0.25) is 0 Å². The Morgan fingerprint density at radius 2 is 1.81 bits per heavy atom. The van der Waals surface area contributed by atoms with Gasteiger partial charge in [-0.3, -0.25) is 0 Å². The highest BCUT2D eigenvalue weighted by Crippen LogP contribution is 2.26. The van der Waals surface area contributed by atoms with Crippen molar-refractivity contribution in [3.05, 3.63) is 24.5 Å². The van der Waals surface area contributed by atoms with Gasteiger partial charge in [0.15, 0.2) is 0 Å². The Labute approximate surface area is 154 Å². The average molecular weight is 362 g/mol. The monoisotopic (exact) mass is 362 g/mol. The van der Waals surface area contributed by atoms with E-state index in [-0.39, 0.29) is 0 Å². The van der Waals surface area contributed by atoms with Gasteiger partial charge in [0, 0.05) is 23.2 Å². The van der Waals surface area contributed by atoms with Crippen molar-refractivity contribution >= 4 is 29.7 Å². The highest BCUT2D eigenvalue weighted by molar-refractivity contribution is 6.63. The number of carbonyl (C=O) groups excluding carboxylic acids is 1. The van der Waals surface area contributed by atoms with Crippen molar-refractivity contribution in [1.82, 2.24) is 9.55 Å². The topological polar surface area (TPSA) is 93.8 Å². The Morgan fingerprint density at radius 3 is 2.35 bits per heavy atom. The number of aliphatic hydroxyl groups is 1. The molecule has 2 heterocycles. The molecule has 0 aromatic carbocycles. The van der Waals surface area contributed by atoms with Gasteiger partial charge in [0.25, 0.3) is 0 Å². The molecule has 0 spiro atoms. The smallest absolute Gasteiger partial charge is 0.443 e. The molecule has 0 aliphatic heterocycles. The van der Waals surface area contributed by atoms with E-state index >= 15 is 0 Å². The van der Waals surface area contributed by atoms with Gasteiger partial charge < -0.3 is 19.5 Å². The first-order chi connectivity index (χ1) is 11.7. The third-order valence-corrected chi connectivity index (χ3v) is 4.33. The molecule has 0 aliphatic carbocycles. The van der Waals surface area contributed by atoms with Gasteiger partial charge in [-0.05, 0) is 54.5 Å². The molecule has 26 heavy (non-hydrogen) atoms. The maximum Gasteiger partial charge on any atom is 0.493 e. The number of nitrogens with zero attached hydrogens (tertiary/aromatic N) is 2. The van der Waals surface area contributed by atoms with E-state index in [1.807, 2.05) is 0 Å². The van der Waals surface area contributed by atoms with Crippen molar-refractivity contribution in [1.29, 1.82) is 0 Å². The Bertz CT molecular complexity index is 802. The summed E-state index contributed by atoms with van der Waals surface area (Å²) in [6.45, 7) is 11.9. The third-order valence-electron chi connectivity index (χ3n) is 4.33. The Kier molecular flexibility index (Phi) is 5.25. The van der Waals surface area contributed by atoms with Crippen LogP contribution in [0.4, 0.5) is 4.79 Å². The first-order valence-corrected chi connectivity index (χ1v) is 8.50. The minimum absolute atomic E-state index is 0.362. The van der Waals surface area contributed by atoms with Crippen LogP contribution in [0.1, 0.15) is 48.5 Å². The zero-order valence-electron chi connectivity index (χ0n) is 16.4. The zero-order valence-corrected chi connectivity index (χ0v) is 16.4. The van der Waals surface area contributed by atoms with Crippen LogP contribution in [-0.4, -0.2) is 49.7 Å². The molecule has 0 saturated carbocycles. The predicted octanol–water partition coefficient (Wildman–Crippen LogP) is 2.07. The summed E-state index contributed by atoms with van der Waals surface area (Å²) in [5.74, 6) is 0. The van der Waals surface area contributed by atoms with Crippen molar-refractivity contribution < 1.29 is 24.3 Å². The van der Waals surface area contributed by atoms with E-state index in [4.69, 9.17) is 9.39 Å². The molecule has 7 nitrogen and oxygen atoms in total. The summed E-state index contributed by atoms with van der Waals surface area (Å²) < 4.78 is 12.4. The molecular formula is C18H27BN2O5. The van der Waals surface area contributed by atoms with Gasteiger partial charge >= 0.3 is 13.2 Å². The van der Waals surface area contributed by atoms with Crippen LogP contribution in [0.25, 0.3) is 11.0 Å². The highest BCUT2D eigenvalue weighted by atomic mass is 16.6. The van der Waals surface area contributed by atoms with Crippen LogP contribution < -0.4 is 5.46 Å². The van der Waals surface area contributed by atoms with Crippen LogP contribution in [0.2, 0.25) is 0 Å². The second kappa shape index (κ2) is 6.68. The number of pyridine rings is 1. The van der Waals surface area contributed by atoms with Gasteiger partial charge in [-0.2, -0.15) is 0 Å². The Balaban J connectivity index is 2.44. The van der Waals surface area contributed by atoms with E-state index in [9.17, 15) is 14.9 Å². The quantitative estimate of drug-likeness (QED) is 0.809. The molecule has 8 heteroatoms. The van der Waals surface area contributed by atoms with Crippen LogP contribution in [0.15, 0.2) is 24.5 Å². The lowest BCUT2D eigenvalue weighted by Crippen LogP contribution is -2.53. The summed E-state index contributed by atoms with van der Waals surface area (Å²) in [4.78, 5) is 16.7. The Hall–Kier alpha value is -1.90. The largest absolute Gasteiger partial charge is 0.493 e. The van der Waals surface area contributed by atoms with E-state index in [2.05, 4.69) is 4.98 Å². The first-order valence-electron chi connectivity index (χ1n) is 8.50. The second-order valence-corrected chi connectivity index (χ2v) is 8.35. The lowest BCUT2D eigenvalue weighted by molar-refractivity contribution is -0.0982. The second-order valence-electron chi connectivity index (χ2n) is 8.35. The fourth-order valence-electron chi connectivity index (χ4n) is 2.22. The summed E-state index contributed by atoms with van der Waals surface area (Å²) in [5, 5.41) is 21.4. The van der Waals surface area contributed by atoms with Gasteiger partial charge in [-0.15, -0.1) is 0 Å². The molecule has 2 aromatic rings. The van der Waals surface area contributed by atoms with E-state index < -0.39 is 30.0 Å². The average Bonchev–Trinajstić information content (AvgIpc) is 2.83. The summed E-state index contributed by atoms with van der Waals surface area (Å²) >= 11 is 0. The number of hydrogen-bond donors (Lipinski definition) is 2. The predicted molar refractivity (Wildman–Crippen MR) is 100 cm³/mol. The molecule has 2 aromatic heterocycles. The summed E-state index contributed by atoms with van der Waals surface area (Å²) in [7, 11) is -1.35. The van der Waals surface area contributed by atoms with Crippen LogP contribution in [0, 0.1) is 0 Å². The van der Waals surface area contributed by atoms with Gasteiger partial charge in [-0.25, -0.2) is 14.3 Å². The molecule has 0 unspecified atom stereocenters. The summed E-state index contributed by atoms with van der Waals surface area (Å²) in [6.07, 6.45) is 2.42. The van der Waals surface area contributed by atoms with Crippen LogP contribution in [0.5, 0.6) is 0 Å². The molecule has 0 saturated heterocycles.